The van der Waals surface area contributed by atoms with Gasteiger partial charge in [-0.2, -0.15) is 0 Å². The summed E-state index contributed by atoms with van der Waals surface area (Å²) in [6, 6.07) is 17.9. The van der Waals surface area contributed by atoms with Gasteiger partial charge in [-0.1, -0.05) is 30.3 Å². The Bertz CT molecular complexity index is 642. The summed E-state index contributed by atoms with van der Waals surface area (Å²) in [6.07, 6.45) is 2.12. The smallest absolute Gasteiger partial charge is 0.191 e. The van der Waals surface area contributed by atoms with E-state index in [1.807, 2.05) is 49.4 Å². The Morgan fingerprint density at radius 1 is 0.923 bits per heavy atom. The molecule has 0 aliphatic heterocycles. The predicted octanol–water partition coefficient (Wildman–Crippen LogP) is 3.96. The van der Waals surface area contributed by atoms with Gasteiger partial charge in [0, 0.05) is 33.4 Å². The highest BCUT2D eigenvalue weighted by Crippen LogP contribution is 2.20. The van der Waals surface area contributed by atoms with Crippen molar-refractivity contribution in [3.05, 3.63) is 60.2 Å². The van der Waals surface area contributed by atoms with Gasteiger partial charge in [0.1, 0.15) is 11.5 Å². The highest BCUT2D eigenvalue weighted by atomic mass is 16.5. The van der Waals surface area contributed by atoms with Crippen LogP contribution in [-0.4, -0.2) is 32.8 Å². The van der Waals surface area contributed by atoms with Crippen molar-refractivity contribution in [1.29, 1.82) is 0 Å². The second-order valence-electron chi connectivity index (χ2n) is 5.82. The van der Waals surface area contributed by atoms with E-state index in [1.165, 1.54) is 5.56 Å². The summed E-state index contributed by atoms with van der Waals surface area (Å²) < 4.78 is 11.1. The maximum Gasteiger partial charge on any atom is 0.191 e. The molecular formula is C21H29N3O2. The lowest BCUT2D eigenvalue weighted by Crippen LogP contribution is -2.37. The van der Waals surface area contributed by atoms with Crippen LogP contribution in [0.5, 0.6) is 11.5 Å². The van der Waals surface area contributed by atoms with Crippen molar-refractivity contribution >= 4 is 5.96 Å². The fourth-order valence-electron chi connectivity index (χ4n) is 2.39. The van der Waals surface area contributed by atoms with Gasteiger partial charge < -0.3 is 20.1 Å². The molecular weight excluding hydrogens is 326 g/mol. The number of hydrogen-bond donors (Lipinski definition) is 2. The largest absolute Gasteiger partial charge is 0.457 e. The van der Waals surface area contributed by atoms with E-state index < -0.39 is 0 Å². The van der Waals surface area contributed by atoms with Crippen LogP contribution in [0.25, 0.3) is 0 Å². The van der Waals surface area contributed by atoms with Gasteiger partial charge in [-0.15, -0.1) is 0 Å². The minimum absolute atomic E-state index is 0.713. The van der Waals surface area contributed by atoms with Crippen molar-refractivity contribution in [2.45, 2.75) is 26.3 Å². The third-order valence-corrected chi connectivity index (χ3v) is 3.80. The average Bonchev–Trinajstić information content (AvgIpc) is 2.69. The van der Waals surface area contributed by atoms with Crippen LogP contribution in [0.4, 0.5) is 0 Å². The first-order valence-corrected chi connectivity index (χ1v) is 9.16. The second kappa shape index (κ2) is 11.9. The molecule has 2 N–H and O–H groups in total. The Morgan fingerprint density at radius 2 is 1.65 bits per heavy atom. The monoisotopic (exact) mass is 355 g/mol. The highest BCUT2D eigenvalue weighted by Gasteiger charge is 2.00. The second-order valence-corrected chi connectivity index (χ2v) is 5.82. The number of unbranched alkanes of at least 4 members (excludes halogenated alkanes) is 1. The average molecular weight is 355 g/mol. The lowest BCUT2D eigenvalue weighted by atomic mass is 10.2. The van der Waals surface area contributed by atoms with Crippen LogP contribution in [0.3, 0.4) is 0 Å². The zero-order valence-electron chi connectivity index (χ0n) is 15.7. The molecule has 140 valence electrons. The van der Waals surface area contributed by atoms with Crippen LogP contribution in [0.1, 0.15) is 25.3 Å². The number of ether oxygens (including phenoxy) is 2. The zero-order chi connectivity index (χ0) is 18.5. The van der Waals surface area contributed by atoms with Crippen LogP contribution in [0.2, 0.25) is 0 Å². The van der Waals surface area contributed by atoms with Gasteiger partial charge in [-0.05, 0) is 49.6 Å². The maximum absolute atomic E-state index is 5.81. The molecule has 5 heteroatoms. The van der Waals surface area contributed by atoms with Crippen molar-refractivity contribution in [3.63, 3.8) is 0 Å². The van der Waals surface area contributed by atoms with Gasteiger partial charge in [0.05, 0.1) is 0 Å². The quantitative estimate of drug-likeness (QED) is 0.385. The molecule has 0 aromatic heterocycles. The molecule has 0 bridgehead atoms. The number of para-hydroxylation sites is 1. The molecule has 0 spiro atoms. The van der Waals surface area contributed by atoms with E-state index in [0.717, 1.165) is 50.1 Å². The summed E-state index contributed by atoms with van der Waals surface area (Å²) in [5.41, 5.74) is 1.17. The molecule has 0 saturated heterocycles. The molecule has 26 heavy (non-hydrogen) atoms. The Hall–Kier alpha value is -2.53. The SMILES string of the molecule is CCOCCCCNC(=NC)NCc1ccc(Oc2ccccc2)cc1. The van der Waals surface area contributed by atoms with Gasteiger partial charge in [0.15, 0.2) is 5.96 Å². The number of nitrogens with one attached hydrogen (secondary N) is 2. The standard InChI is InChI=1S/C21H29N3O2/c1-3-25-16-8-7-15-23-21(22-2)24-17-18-11-13-20(14-12-18)26-19-9-5-4-6-10-19/h4-6,9-14H,3,7-8,15-17H2,1-2H3,(H2,22,23,24). The summed E-state index contributed by atoms with van der Waals surface area (Å²) in [4.78, 5) is 4.25. The fraction of sp³-hybridized carbons (Fsp3) is 0.381. The van der Waals surface area contributed by atoms with Crippen LogP contribution in [-0.2, 0) is 11.3 Å². The van der Waals surface area contributed by atoms with E-state index >= 15 is 0 Å². The molecule has 0 amide bonds. The highest BCUT2D eigenvalue weighted by molar-refractivity contribution is 5.79. The summed E-state index contributed by atoms with van der Waals surface area (Å²) >= 11 is 0. The summed E-state index contributed by atoms with van der Waals surface area (Å²) in [7, 11) is 1.78. The Morgan fingerprint density at radius 3 is 2.35 bits per heavy atom. The number of benzene rings is 2. The number of guanidine groups is 1. The summed E-state index contributed by atoms with van der Waals surface area (Å²) in [6.45, 7) is 5.22. The maximum atomic E-state index is 5.81. The number of rotatable bonds is 10. The number of nitrogens with zero attached hydrogens (tertiary/aromatic N) is 1. The third kappa shape index (κ3) is 7.57. The van der Waals surface area contributed by atoms with Gasteiger partial charge in [0.25, 0.3) is 0 Å². The molecule has 2 aromatic rings. The fourth-order valence-corrected chi connectivity index (χ4v) is 2.39. The third-order valence-electron chi connectivity index (χ3n) is 3.80. The predicted molar refractivity (Wildman–Crippen MR) is 107 cm³/mol. The normalized spacial score (nSPS) is 11.2. The van der Waals surface area contributed by atoms with E-state index in [1.54, 1.807) is 7.05 Å². The van der Waals surface area contributed by atoms with Crippen molar-refractivity contribution < 1.29 is 9.47 Å². The first-order chi connectivity index (χ1) is 12.8. The summed E-state index contributed by atoms with van der Waals surface area (Å²) in [5, 5.41) is 6.64. The van der Waals surface area contributed by atoms with Crippen molar-refractivity contribution in [2.75, 3.05) is 26.8 Å². The van der Waals surface area contributed by atoms with Crippen LogP contribution >= 0.6 is 0 Å². The molecule has 2 aromatic carbocycles. The molecule has 0 aliphatic rings. The lowest BCUT2D eigenvalue weighted by molar-refractivity contribution is 0.143. The molecule has 0 radical (unpaired) electrons. The van der Waals surface area contributed by atoms with E-state index in [2.05, 4.69) is 27.8 Å². The molecule has 5 nitrogen and oxygen atoms in total. The molecule has 0 unspecified atom stereocenters. The lowest BCUT2D eigenvalue weighted by Gasteiger charge is -2.12. The van der Waals surface area contributed by atoms with E-state index in [-0.39, 0.29) is 0 Å². The van der Waals surface area contributed by atoms with Crippen LogP contribution in [0, 0.1) is 0 Å². The van der Waals surface area contributed by atoms with Gasteiger partial charge in [-0.25, -0.2) is 0 Å². The molecule has 0 heterocycles. The van der Waals surface area contributed by atoms with Crippen LogP contribution in [0.15, 0.2) is 59.6 Å². The first kappa shape index (κ1) is 19.8. The molecule has 0 aliphatic carbocycles. The van der Waals surface area contributed by atoms with Gasteiger partial charge in [-0.3, -0.25) is 4.99 Å². The minimum atomic E-state index is 0.713. The zero-order valence-corrected chi connectivity index (χ0v) is 15.7. The Labute approximate surface area is 156 Å². The van der Waals surface area contributed by atoms with Crippen molar-refractivity contribution in [1.82, 2.24) is 10.6 Å². The van der Waals surface area contributed by atoms with Crippen molar-refractivity contribution in [3.8, 4) is 11.5 Å². The van der Waals surface area contributed by atoms with E-state index in [0.29, 0.717) is 6.54 Å². The molecule has 0 fully saturated rings. The Kier molecular flexibility index (Phi) is 9.08. The van der Waals surface area contributed by atoms with Crippen molar-refractivity contribution in [2.24, 2.45) is 4.99 Å². The van der Waals surface area contributed by atoms with E-state index in [9.17, 15) is 0 Å². The van der Waals surface area contributed by atoms with Gasteiger partial charge >= 0.3 is 0 Å². The van der Waals surface area contributed by atoms with Gasteiger partial charge in [0.2, 0.25) is 0 Å². The van der Waals surface area contributed by atoms with E-state index in [4.69, 9.17) is 9.47 Å². The first-order valence-electron chi connectivity index (χ1n) is 9.16. The Balaban J connectivity index is 1.70. The minimum Gasteiger partial charge on any atom is -0.457 e. The topological polar surface area (TPSA) is 54.9 Å². The summed E-state index contributed by atoms with van der Waals surface area (Å²) in [5.74, 6) is 2.48. The number of aliphatic imine (C=N–C) groups is 1. The van der Waals surface area contributed by atoms with Crippen LogP contribution < -0.4 is 15.4 Å². The number of hydrogen-bond acceptors (Lipinski definition) is 3. The molecule has 0 saturated carbocycles. The molecule has 0 atom stereocenters. The molecule has 2 rings (SSSR count).